The lowest BCUT2D eigenvalue weighted by atomic mass is 9.94. The van der Waals surface area contributed by atoms with Crippen LogP contribution in [0, 0.1) is 24.2 Å². The Kier molecular flexibility index (Phi) is 5.66. The quantitative estimate of drug-likeness (QED) is 0.776. The molecule has 0 aliphatic carbocycles. The molecule has 3 rings (SSSR count). The summed E-state index contributed by atoms with van der Waals surface area (Å²) in [6.07, 6.45) is 2.28. The molecule has 9 nitrogen and oxygen atoms in total. The number of nitriles is 1. The second-order valence-electron chi connectivity index (χ2n) is 6.59. The van der Waals surface area contributed by atoms with Crippen LogP contribution in [0.5, 0.6) is 0 Å². The molecule has 0 spiro atoms. The molecule has 142 valence electrons. The maximum atomic E-state index is 12.6. The van der Waals surface area contributed by atoms with Crippen LogP contribution in [-0.4, -0.2) is 57.6 Å². The van der Waals surface area contributed by atoms with E-state index in [2.05, 4.69) is 20.6 Å². The molecule has 2 aromatic heterocycles. The Morgan fingerprint density at radius 2 is 2.22 bits per heavy atom. The number of rotatable bonds is 7. The third-order valence-corrected chi connectivity index (χ3v) is 4.99. The summed E-state index contributed by atoms with van der Waals surface area (Å²) in [6.45, 7) is 3.61. The third-order valence-electron chi connectivity index (χ3n) is 4.99. The van der Waals surface area contributed by atoms with E-state index in [0.717, 1.165) is 11.3 Å². The lowest BCUT2D eigenvalue weighted by molar-refractivity contribution is -0.129. The molecule has 1 aliphatic rings. The topological polar surface area (TPSA) is 109 Å². The van der Waals surface area contributed by atoms with Crippen molar-refractivity contribution in [2.24, 2.45) is 13.0 Å². The number of hydrogen-bond donors (Lipinski definition) is 1. The number of hydrogen-bond acceptors (Lipinski definition) is 7. The van der Waals surface area contributed by atoms with Gasteiger partial charge in [0.15, 0.2) is 5.69 Å². The smallest absolute Gasteiger partial charge is 0.223 e. The summed E-state index contributed by atoms with van der Waals surface area (Å²) in [5, 5.41) is 24.2. The van der Waals surface area contributed by atoms with E-state index in [4.69, 9.17) is 10.00 Å². The zero-order valence-electron chi connectivity index (χ0n) is 15.7. The molecule has 0 radical (unpaired) electrons. The first kappa shape index (κ1) is 18.8. The number of likely N-dealkylation sites (tertiary alicyclic amines) is 1. The highest BCUT2D eigenvalue weighted by molar-refractivity contribution is 5.80. The Bertz CT molecular complexity index is 840. The molecular formula is C18H23N7O2. The predicted octanol–water partition coefficient (Wildman–Crippen LogP) is 1.04. The number of ether oxygens (including phenoxy) is 1. The molecule has 0 bridgehead atoms. The van der Waals surface area contributed by atoms with Crippen molar-refractivity contribution in [1.82, 2.24) is 24.9 Å². The highest BCUT2D eigenvalue weighted by Crippen LogP contribution is 2.39. The average Bonchev–Trinajstić information content (AvgIpc) is 3.17. The molecule has 0 saturated carbocycles. The van der Waals surface area contributed by atoms with E-state index < -0.39 is 0 Å². The van der Waals surface area contributed by atoms with Gasteiger partial charge in [-0.3, -0.25) is 9.48 Å². The van der Waals surface area contributed by atoms with Crippen molar-refractivity contribution < 1.29 is 9.53 Å². The van der Waals surface area contributed by atoms with E-state index in [-0.39, 0.29) is 23.6 Å². The number of amides is 1. The lowest BCUT2D eigenvalue weighted by Crippen LogP contribution is -2.33. The second kappa shape index (κ2) is 8.14. The molecule has 1 N–H and O–H groups in total. The summed E-state index contributed by atoms with van der Waals surface area (Å²) in [4.78, 5) is 14.5. The Balaban J connectivity index is 1.79. The molecule has 3 heterocycles. The van der Waals surface area contributed by atoms with Crippen LogP contribution in [0.3, 0.4) is 0 Å². The van der Waals surface area contributed by atoms with Crippen LogP contribution in [0.1, 0.15) is 29.4 Å². The van der Waals surface area contributed by atoms with Gasteiger partial charge in [-0.05, 0) is 19.1 Å². The highest BCUT2D eigenvalue weighted by atomic mass is 16.5. The maximum absolute atomic E-state index is 12.6. The fourth-order valence-corrected chi connectivity index (χ4v) is 3.45. The van der Waals surface area contributed by atoms with Gasteiger partial charge in [0.1, 0.15) is 11.9 Å². The van der Waals surface area contributed by atoms with Gasteiger partial charge in [-0.15, -0.1) is 10.2 Å². The summed E-state index contributed by atoms with van der Waals surface area (Å²) < 4.78 is 7.01. The summed E-state index contributed by atoms with van der Waals surface area (Å²) in [6, 6.07) is 5.21. The number of aryl methyl sites for hydroxylation is 1. The second-order valence-corrected chi connectivity index (χ2v) is 6.59. The standard InChI is InChI=1S/C18H23N7O2/c1-12-15(11-21-24(12)2)18-13(8-17(26)25(18)6-7-27-3)10-20-16-5-4-14(9-19)22-23-16/h4-5,11,13,18H,6-8,10H2,1-3H3,(H,20,23)/t13-,18+/m0/s1. The summed E-state index contributed by atoms with van der Waals surface area (Å²) >= 11 is 0. The SMILES string of the molecule is COCCN1C(=O)C[C@@H](CNc2ccc(C#N)nn2)[C@@H]1c1cnn(C)c1C. The zero-order valence-corrected chi connectivity index (χ0v) is 15.7. The number of aromatic nitrogens is 4. The van der Waals surface area contributed by atoms with Crippen LogP contribution in [0.4, 0.5) is 5.82 Å². The molecule has 2 aromatic rings. The van der Waals surface area contributed by atoms with Crippen LogP contribution in [0.15, 0.2) is 18.3 Å². The van der Waals surface area contributed by atoms with Crippen molar-refractivity contribution in [2.75, 3.05) is 32.1 Å². The van der Waals surface area contributed by atoms with Crippen LogP contribution in [0.25, 0.3) is 0 Å². The van der Waals surface area contributed by atoms with Crippen molar-refractivity contribution in [2.45, 2.75) is 19.4 Å². The predicted molar refractivity (Wildman–Crippen MR) is 97.6 cm³/mol. The van der Waals surface area contributed by atoms with E-state index >= 15 is 0 Å². The fourth-order valence-electron chi connectivity index (χ4n) is 3.45. The average molecular weight is 369 g/mol. The minimum atomic E-state index is -0.0693. The summed E-state index contributed by atoms with van der Waals surface area (Å²) in [5.41, 5.74) is 2.36. The van der Waals surface area contributed by atoms with Crippen molar-refractivity contribution in [3.63, 3.8) is 0 Å². The minimum absolute atomic E-state index is 0.0645. The van der Waals surface area contributed by atoms with Gasteiger partial charge in [-0.25, -0.2) is 0 Å². The van der Waals surface area contributed by atoms with Crippen molar-refractivity contribution in [3.05, 3.63) is 35.3 Å². The number of nitrogens with zero attached hydrogens (tertiary/aromatic N) is 6. The van der Waals surface area contributed by atoms with E-state index in [1.807, 2.05) is 35.8 Å². The van der Waals surface area contributed by atoms with Crippen LogP contribution in [-0.2, 0) is 16.6 Å². The van der Waals surface area contributed by atoms with E-state index in [9.17, 15) is 4.79 Å². The first-order valence-corrected chi connectivity index (χ1v) is 8.79. The first-order valence-electron chi connectivity index (χ1n) is 8.79. The van der Waals surface area contributed by atoms with E-state index in [1.165, 1.54) is 0 Å². The molecule has 9 heteroatoms. The minimum Gasteiger partial charge on any atom is -0.383 e. The summed E-state index contributed by atoms with van der Waals surface area (Å²) in [5.74, 6) is 0.756. The van der Waals surface area contributed by atoms with Gasteiger partial charge < -0.3 is 15.0 Å². The van der Waals surface area contributed by atoms with E-state index in [1.54, 1.807) is 19.2 Å². The molecule has 1 aliphatic heterocycles. The molecule has 1 amide bonds. The number of nitrogens with one attached hydrogen (secondary N) is 1. The maximum Gasteiger partial charge on any atom is 0.223 e. The zero-order chi connectivity index (χ0) is 19.4. The van der Waals surface area contributed by atoms with Crippen molar-refractivity contribution >= 4 is 11.7 Å². The molecule has 0 aromatic carbocycles. The number of carbonyl (C=O) groups excluding carboxylic acids is 1. The molecule has 0 unspecified atom stereocenters. The van der Waals surface area contributed by atoms with Gasteiger partial charge >= 0.3 is 0 Å². The Hall–Kier alpha value is -2.99. The molecule has 1 fully saturated rings. The van der Waals surface area contributed by atoms with Gasteiger partial charge in [0, 0.05) is 50.8 Å². The normalized spacial score (nSPS) is 19.3. The number of carbonyl (C=O) groups is 1. The fraction of sp³-hybridized carbons (Fsp3) is 0.500. The van der Waals surface area contributed by atoms with Crippen molar-refractivity contribution in [3.8, 4) is 6.07 Å². The lowest BCUT2D eigenvalue weighted by Gasteiger charge is -2.28. The number of methoxy groups -OCH3 is 1. The monoisotopic (exact) mass is 369 g/mol. The Morgan fingerprint density at radius 3 is 2.81 bits per heavy atom. The molecule has 1 saturated heterocycles. The van der Waals surface area contributed by atoms with Crippen molar-refractivity contribution in [1.29, 1.82) is 5.26 Å². The summed E-state index contributed by atoms with van der Waals surface area (Å²) in [7, 11) is 3.53. The van der Waals surface area contributed by atoms with Crippen LogP contribution in [0.2, 0.25) is 0 Å². The Labute approximate surface area is 157 Å². The van der Waals surface area contributed by atoms with Crippen LogP contribution < -0.4 is 5.32 Å². The van der Waals surface area contributed by atoms with Gasteiger partial charge in [0.05, 0.1) is 18.8 Å². The van der Waals surface area contributed by atoms with Crippen LogP contribution >= 0.6 is 0 Å². The molecular weight excluding hydrogens is 346 g/mol. The Morgan fingerprint density at radius 1 is 1.41 bits per heavy atom. The first-order chi connectivity index (χ1) is 13.0. The van der Waals surface area contributed by atoms with Gasteiger partial charge in [-0.2, -0.15) is 10.4 Å². The van der Waals surface area contributed by atoms with Gasteiger partial charge in [0.25, 0.3) is 0 Å². The highest BCUT2D eigenvalue weighted by Gasteiger charge is 2.41. The van der Waals surface area contributed by atoms with Gasteiger partial charge in [-0.1, -0.05) is 0 Å². The van der Waals surface area contributed by atoms with E-state index in [0.29, 0.717) is 31.9 Å². The number of anilines is 1. The largest absolute Gasteiger partial charge is 0.383 e. The third kappa shape index (κ3) is 3.90. The van der Waals surface area contributed by atoms with Gasteiger partial charge in [0.2, 0.25) is 5.91 Å². The molecule has 27 heavy (non-hydrogen) atoms. The molecule has 2 atom stereocenters.